The predicted octanol–water partition coefficient (Wildman–Crippen LogP) is 5.06. The van der Waals surface area contributed by atoms with Crippen molar-refractivity contribution in [3.63, 3.8) is 0 Å². The fourth-order valence-corrected chi connectivity index (χ4v) is 5.84. The van der Waals surface area contributed by atoms with E-state index < -0.39 is 16.9 Å². The molecule has 4 aromatic rings. The Balaban J connectivity index is 1.61. The molecule has 2 aromatic heterocycles. The van der Waals surface area contributed by atoms with Crippen molar-refractivity contribution in [2.24, 2.45) is 4.99 Å². The number of nitrogens with zero attached hydrogens (tertiary/aromatic N) is 3. The molecule has 0 unspecified atom stereocenters. The van der Waals surface area contributed by atoms with Gasteiger partial charge in [0, 0.05) is 12.1 Å². The predicted molar refractivity (Wildman–Crippen MR) is 158 cm³/mol. The van der Waals surface area contributed by atoms with Gasteiger partial charge in [-0.15, -0.1) is 0 Å². The highest BCUT2D eigenvalue weighted by Gasteiger charge is 2.33. The number of esters is 1. The van der Waals surface area contributed by atoms with Crippen LogP contribution in [0, 0.1) is 17.0 Å². The quantitative estimate of drug-likeness (QED) is 0.160. The van der Waals surface area contributed by atoms with Crippen LogP contribution in [-0.4, -0.2) is 28.2 Å². The first-order valence-electron chi connectivity index (χ1n) is 13.4. The fraction of sp³-hybridized carbons (Fsp3) is 0.258. The summed E-state index contributed by atoms with van der Waals surface area (Å²) in [6.45, 7) is 9.26. The van der Waals surface area contributed by atoms with Gasteiger partial charge in [0.15, 0.2) is 4.80 Å². The number of thiazole rings is 1. The molecule has 1 atom stereocenters. The number of hydrogen-bond donors (Lipinski definition) is 0. The summed E-state index contributed by atoms with van der Waals surface area (Å²) in [6.07, 6.45) is 1.57. The smallest absolute Gasteiger partial charge is 0.338 e. The van der Waals surface area contributed by atoms with E-state index in [9.17, 15) is 19.7 Å². The molecular formula is C31H29N3O7S. The number of ether oxygens (including phenoxy) is 2. The molecule has 5 rings (SSSR count). The SMILES string of the molecule is CCOC(=O)C1=C(C)N=c2s/c(=C\c3ccc(-c4ccc(C)cc4[N+](=O)[O-])o3)c(=O)n2[C@H]1c1ccc(OC(C)C)cc1. The Morgan fingerprint density at radius 2 is 1.90 bits per heavy atom. The number of aryl methyl sites for hydroxylation is 1. The molecule has 10 nitrogen and oxygen atoms in total. The molecule has 0 spiro atoms. The minimum absolute atomic E-state index is 0.00924. The highest BCUT2D eigenvalue weighted by atomic mass is 32.1. The zero-order valence-electron chi connectivity index (χ0n) is 23.7. The largest absolute Gasteiger partial charge is 0.491 e. The van der Waals surface area contributed by atoms with Crippen LogP contribution in [0.25, 0.3) is 17.4 Å². The van der Waals surface area contributed by atoms with E-state index in [1.54, 1.807) is 63.2 Å². The lowest BCUT2D eigenvalue weighted by Crippen LogP contribution is -2.39. The summed E-state index contributed by atoms with van der Waals surface area (Å²) in [5, 5.41) is 11.6. The lowest BCUT2D eigenvalue weighted by Gasteiger charge is -2.25. The lowest BCUT2D eigenvalue weighted by molar-refractivity contribution is -0.384. The second-order valence-electron chi connectivity index (χ2n) is 10.0. The van der Waals surface area contributed by atoms with E-state index in [0.29, 0.717) is 43.4 Å². The van der Waals surface area contributed by atoms with Gasteiger partial charge in [-0.05, 0) is 76.1 Å². The monoisotopic (exact) mass is 587 g/mol. The molecule has 2 aromatic carbocycles. The van der Waals surface area contributed by atoms with Crippen molar-refractivity contribution in [1.82, 2.24) is 4.57 Å². The van der Waals surface area contributed by atoms with Crippen molar-refractivity contribution in [1.29, 1.82) is 0 Å². The number of furan rings is 1. The minimum atomic E-state index is -0.766. The first-order valence-corrected chi connectivity index (χ1v) is 14.2. The van der Waals surface area contributed by atoms with Crippen LogP contribution in [0.5, 0.6) is 5.75 Å². The standard InChI is InChI=1S/C31H29N3O7S/c1-6-39-30(36)27-19(5)32-31-33(28(27)20-8-10-21(11-9-20)40-17(2)3)29(35)26(42-31)16-22-12-14-25(41-22)23-13-7-18(4)15-24(23)34(37)38/h7-17,28H,6H2,1-5H3/b26-16-/t28-/m0/s1. The number of carbonyl (C=O) groups excluding carboxylic acids is 1. The number of allylic oxidation sites excluding steroid dienone is 1. The van der Waals surface area contributed by atoms with E-state index >= 15 is 0 Å². The van der Waals surface area contributed by atoms with Crippen molar-refractivity contribution in [3.8, 4) is 17.1 Å². The van der Waals surface area contributed by atoms with Gasteiger partial charge >= 0.3 is 5.97 Å². The maximum Gasteiger partial charge on any atom is 0.338 e. The third-order valence-corrected chi connectivity index (χ3v) is 7.58. The van der Waals surface area contributed by atoms with Gasteiger partial charge in [0.2, 0.25) is 0 Å². The Bertz CT molecular complexity index is 1900. The van der Waals surface area contributed by atoms with Crippen LogP contribution in [0.1, 0.15) is 50.6 Å². The molecule has 0 bridgehead atoms. The van der Waals surface area contributed by atoms with E-state index in [2.05, 4.69) is 4.99 Å². The second-order valence-corrected chi connectivity index (χ2v) is 11.0. The third kappa shape index (κ3) is 5.55. The van der Waals surface area contributed by atoms with Gasteiger partial charge in [-0.1, -0.05) is 29.5 Å². The molecule has 0 amide bonds. The zero-order chi connectivity index (χ0) is 30.1. The Morgan fingerprint density at radius 3 is 2.57 bits per heavy atom. The molecular weight excluding hydrogens is 558 g/mol. The molecule has 0 fully saturated rings. The lowest BCUT2D eigenvalue weighted by atomic mass is 9.96. The number of nitro benzene ring substituents is 1. The first kappa shape index (κ1) is 28.7. The van der Waals surface area contributed by atoms with Crippen LogP contribution in [0.15, 0.2) is 80.1 Å². The topological polar surface area (TPSA) is 126 Å². The molecule has 0 saturated carbocycles. The molecule has 216 valence electrons. The summed E-state index contributed by atoms with van der Waals surface area (Å²) in [5.41, 5.74) is 2.10. The second kappa shape index (κ2) is 11.6. The molecule has 0 radical (unpaired) electrons. The molecule has 42 heavy (non-hydrogen) atoms. The van der Waals surface area contributed by atoms with Gasteiger partial charge < -0.3 is 13.9 Å². The van der Waals surface area contributed by atoms with Gasteiger partial charge in [-0.25, -0.2) is 9.79 Å². The molecule has 0 N–H and O–H groups in total. The van der Waals surface area contributed by atoms with Crippen LogP contribution in [-0.2, 0) is 9.53 Å². The van der Waals surface area contributed by atoms with E-state index in [1.807, 2.05) is 26.0 Å². The van der Waals surface area contributed by atoms with Gasteiger partial charge in [0.1, 0.15) is 17.3 Å². The first-order chi connectivity index (χ1) is 20.1. The summed E-state index contributed by atoms with van der Waals surface area (Å²) in [4.78, 5) is 43.1. The van der Waals surface area contributed by atoms with E-state index in [4.69, 9.17) is 13.9 Å². The van der Waals surface area contributed by atoms with Gasteiger partial charge in [-0.2, -0.15) is 0 Å². The van der Waals surface area contributed by atoms with Gasteiger partial charge in [0.05, 0.1) is 45.0 Å². The Kier molecular flexibility index (Phi) is 7.95. The maximum atomic E-state index is 13.9. The van der Waals surface area contributed by atoms with Crippen molar-refractivity contribution >= 4 is 29.1 Å². The molecule has 3 heterocycles. The molecule has 1 aliphatic heterocycles. The minimum Gasteiger partial charge on any atom is -0.491 e. The van der Waals surface area contributed by atoms with Crippen LogP contribution in [0.2, 0.25) is 0 Å². The molecule has 0 aliphatic carbocycles. The normalized spacial score (nSPS) is 15.0. The Morgan fingerprint density at radius 1 is 1.17 bits per heavy atom. The average molecular weight is 588 g/mol. The van der Waals surface area contributed by atoms with E-state index in [1.165, 1.54) is 10.6 Å². The summed E-state index contributed by atoms with van der Waals surface area (Å²) >= 11 is 1.16. The molecule has 1 aliphatic rings. The van der Waals surface area contributed by atoms with E-state index in [0.717, 1.165) is 16.9 Å². The van der Waals surface area contributed by atoms with E-state index in [-0.39, 0.29) is 29.5 Å². The van der Waals surface area contributed by atoms with Crippen LogP contribution in [0.3, 0.4) is 0 Å². The average Bonchev–Trinajstić information content (AvgIpc) is 3.52. The fourth-order valence-electron chi connectivity index (χ4n) is 4.81. The number of carbonyl (C=O) groups is 1. The van der Waals surface area contributed by atoms with Crippen molar-refractivity contribution in [2.75, 3.05) is 6.61 Å². The number of benzene rings is 2. The van der Waals surface area contributed by atoms with Gasteiger partial charge in [0.25, 0.3) is 11.2 Å². The third-order valence-electron chi connectivity index (χ3n) is 6.60. The summed E-state index contributed by atoms with van der Waals surface area (Å²) in [6, 6.07) is 14.7. The van der Waals surface area contributed by atoms with Crippen molar-refractivity contribution in [3.05, 3.63) is 113 Å². The molecule has 11 heteroatoms. The number of aromatic nitrogens is 1. The van der Waals surface area contributed by atoms with Gasteiger partial charge in [-0.3, -0.25) is 19.5 Å². The number of hydrogen-bond acceptors (Lipinski definition) is 9. The van der Waals surface area contributed by atoms with Crippen molar-refractivity contribution in [2.45, 2.75) is 46.8 Å². The molecule has 0 saturated heterocycles. The van der Waals surface area contributed by atoms with Crippen LogP contribution >= 0.6 is 11.3 Å². The van der Waals surface area contributed by atoms with Crippen molar-refractivity contribution < 1.29 is 23.6 Å². The van der Waals surface area contributed by atoms with Crippen LogP contribution in [0.4, 0.5) is 5.69 Å². The summed E-state index contributed by atoms with van der Waals surface area (Å²) in [5.74, 6) is 0.777. The number of fused-ring (bicyclic) bond motifs is 1. The Hall–Kier alpha value is -4.77. The highest BCUT2D eigenvalue weighted by molar-refractivity contribution is 7.07. The number of rotatable bonds is 8. The maximum absolute atomic E-state index is 13.9. The number of nitro groups is 1. The Labute approximate surface area is 245 Å². The summed E-state index contributed by atoms with van der Waals surface area (Å²) in [7, 11) is 0. The van der Waals surface area contributed by atoms with Crippen LogP contribution < -0.4 is 19.6 Å². The summed E-state index contributed by atoms with van der Waals surface area (Å²) < 4.78 is 18.9. The zero-order valence-corrected chi connectivity index (χ0v) is 24.6. The highest BCUT2D eigenvalue weighted by Crippen LogP contribution is 2.33.